The van der Waals surface area contributed by atoms with Gasteiger partial charge in [0.25, 0.3) is 0 Å². The van der Waals surface area contributed by atoms with E-state index in [0.29, 0.717) is 32.6 Å². The number of guanidine groups is 1. The van der Waals surface area contributed by atoms with Crippen molar-refractivity contribution in [3.05, 3.63) is 0 Å². The Morgan fingerprint density at radius 2 is 0.857 bits per heavy atom. The number of amides is 5. The summed E-state index contributed by atoms with van der Waals surface area (Å²) in [5, 5.41) is 16.6. The molecule has 49 heavy (non-hydrogen) atoms. The van der Waals surface area contributed by atoms with Gasteiger partial charge in [-0.2, -0.15) is 0 Å². The quantitative estimate of drug-likeness (QED) is 0.0392. The third-order valence-corrected chi connectivity index (χ3v) is 6.28. The molecule has 0 fully saturated rings. The zero-order chi connectivity index (χ0) is 37.7. The first-order valence-corrected chi connectivity index (χ1v) is 17.3. The van der Waals surface area contributed by atoms with Gasteiger partial charge < -0.3 is 35.5 Å². The molecule has 0 saturated heterocycles. The molecule has 0 unspecified atom stereocenters. The third kappa shape index (κ3) is 26.0. The maximum absolute atomic E-state index is 12.7. The number of carbonyl (C=O) groups is 5. The van der Waals surface area contributed by atoms with Crippen molar-refractivity contribution in [1.82, 2.24) is 31.9 Å². The van der Waals surface area contributed by atoms with Crippen LogP contribution in [0.15, 0.2) is 4.99 Å². The average Bonchev–Trinajstić information content (AvgIpc) is 2.91. The van der Waals surface area contributed by atoms with Crippen LogP contribution in [-0.4, -0.2) is 92.1 Å². The molecule has 0 aromatic heterocycles. The normalized spacial score (nSPS) is 11.9. The van der Waals surface area contributed by atoms with Gasteiger partial charge in [0.1, 0.15) is 22.2 Å². The molecule has 0 aliphatic heterocycles. The Kier molecular flexibility index (Phi) is 20.5. The van der Waals surface area contributed by atoms with Gasteiger partial charge >= 0.3 is 18.3 Å². The predicted molar refractivity (Wildman–Crippen MR) is 190 cm³/mol. The highest BCUT2D eigenvalue weighted by molar-refractivity contribution is 6.04. The first-order valence-electron chi connectivity index (χ1n) is 17.3. The predicted octanol–water partition coefficient (Wildman–Crippen LogP) is 4.50. The summed E-state index contributed by atoms with van der Waals surface area (Å²) >= 11 is 0. The topological polar surface area (TPSA) is 198 Å². The smallest absolute Gasteiger partial charge is 0.414 e. The maximum atomic E-state index is 12.7. The molecule has 0 saturated carbocycles. The highest BCUT2D eigenvalue weighted by atomic mass is 16.6. The van der Waals surface area contributed by atoms with Gasteiger partial charge in [-0.15, -0.1) is 0 Å². The lowest BCUT2D eigenvalue weighted by atomic mass is 9.91. The van der Waals surface area contributed by atoms with E-state index in [1.807, 2.05) is 20.8 Å². The fourth-order valence-electron chi connectivity index (χ4n) is 3.86. The number of hydrogen-bond acceptors (Lipinski definition) is 10. The first-order chi connectivity index (χ1) is 22.5. The second-order valence-electron chi connectivity index (χ2n) is 15.3. The van der Waals surface area contributed by atoms with Crippen molar-refractivity contribution >= 4 is 36.1 Å². The van der Waals surface area contributed by atoms with E-state index >= 15 is 0 Å². The van der Waals surface area contributed by atoms with Crippen molar-refractivity contribution in [2.75, 3.05) is 39.3 Å². The molecule has 15 nitrogen and oxygen atoms in total. The largest absolute Gasteiger partial charge is 0.444 e. The summed E-state index contributed by atoms with van der Waals surface area (Å²) in [4.78, 5) is 65.7. The molecule has 0 heterocycles. The van der Waals surface area contributed by atoms with Gasteiger partial charge in [0.05, 0.1) is 0 Å². The summed E-state index contributed by atoms with van der Waals surface area (Å²) in [6.07, 6.45) is 3.50. The molecule has 6 N–H and O–H groups in total. The van der Waals surface area contributed by atoms with Gasteiger partial charge in [-0.3, -0.25) is 25.2 Å². The van der Waals surface area contributed by atoms with Crippen LogP contribution in [-0.2, 0) is 23.8 Å². The second-order valence-corrected chi connectivity index (χ2v) is 15.3. The summed E-state index contributed by atoms with van der Waals surface area (Å²) in [6, 6.07) is 0. The lowest BCUT2D eigenvalue weighted by molar-refractivity contribution is -0.141. The van der Waals surface area contributed by atoms with Gasteiger partial charge in [-0.05, 0) is 121 Å². The number of alkyl carbamates (subject to hydrolysis) is 3. The lowest BCUT2D eigenvalue weighted by Crippen LogP contribution is -2.48. The Labute approximate surface area is 293 Å². The van der Waals surface area contributed by atoms with Crippen LogP contribution in [0.5, 0.6) is 0 Å². The van der Waals surface area contributed by atoms with Crippen LogP contribution in [0.4, 0.5) is 14.4 Å². The number of rotatable bonds is 18. The molecule has 284 valence electrons. The minimum absolute atomic E-state index is 0.0607. The van der Waals surface area contributed by atoms with Crippen LogP contribution in [0.3, 0.4) is 0 Å². The highest BCUT2D eigenvalue weighted by Gasteiger charge is 2.35. The summed E-state index contributed by atoms with van der Waals surface area (Å²) < 4.78 is 15.7. The van der Waals surface area contributed by atoms with Crippen LogP contribution in [0.1, 0.15) is 121 Å². The van der Waals surface area contributed by atoms with Crippen LogP contribution in [0, 0.1) is 5.41 Å². The van der Waals surface area contributed by atoms with E-state index in [1.165, 1.54) is 0 Å². The zero-order valence-electron chi connectivity index (χ0n) is 31.9. The maximum Gasteiger partial charge on any atom is 0.414 e. The van der Waals surface area contributed by atoms with Crippen LogP contribution < -0.4 is 31.9 Å². The minimum atomic E-state index is -1.20. The van der Waals surface area contributed by atoms with E-state index < -0.39 is 40.5 Å². The van der Waals surface area contributed by atoms with Crippen molar-refractivity contribution in [2.45, 2.75) is 138 Å². The number of carbonyl (C=O) groups excluding carboxylic acids is 5. The minimum Gasteiger partial charge on any atom is -0.444 e. The van der Waals surface area contributed by atoms with E-state index in [0.717, 1.165) is 51.6 Å². The van der Waals surface area contributed by atoms with Crippen molar-refractivity contribution in [2.24, 2.45) is 10.4 Å². The first kappa shape index (κ1) is 45.4. The molecule has 0 aromatic rings. The van der Waals surface area contributed by atoms with Gasteiger partial charge in [0.2, 0.25) is 17.8 Å². The number of nitrogens with zero attached hydrogens (tertiary/aromatic N) is 1. The monoisotopic (exact) mass is 699 g/mol. The molecule has 0 bridgehead atoms. The Bertz CT molecular complexity index is 1040. The lowest BCUT2D eigenvalue weighted by Gasteiger charge is -2.22. The molecule has 5 amide bonds. The van der Waals surface area contributed by atoms with E-state index in [1.54, 1.807) is 55.4 Å². The van der Waals surface area contributed by atoms with Crippen LogP contribution >= 0.6 is 0 Å². The van der Waals surface area contributed by atoms with Crippen molar-refractivity contribution in [3.8, 4) is 0 Å². The zero-order valence-corrected chi connectivity index (χ0v) is 31.9. The van der Waals surface area contributed by atoms with Gasteiger partial charge in [0, 0.05) is 26.2 Å². The number of ether oxygens (including phenoxy) is 3. The highest BCUT2D eigenvalue weighted by Crippen LogP contribution is 2.15. The standard InChI is InChI=1S/C34H65N7O8/c1-31(2,3)47-28(44)39-24-18-20-35-19-16-17-22-37-26(43)34(10,11)25(42)36-21-14-12-13-15-23-38-27(40-29(45)48-32(4,5)6)41-30(46)49-33(7,8)9/h35H,12-24H2,1-11H3,(H,36,42)(H,37,43)(H,39,44)(H2,38,40,41,45,46). The molecule has 0 rings (SSSR count). The van der Waals surface area contributed by atoms with Gasteiger partial charge in [-0.1, -0.05) is 12.8 Å². The molecular formula is C34H65N7O8. The Hall–Kier alpha value is -3.62. The molecule has 0 atom stereocenters. The number of unbranched alkanes of at least 4 members (excludes halogenated alkanes) is 4. The Morgan fingerprint density at radius 1 is 0.469 bits per heavy atom. The van der Waals surface area contributed by atoms with Crippen LogP contribution in [0.25, 0.3) is 0 Å². The van der Waals surface area contributed by atoms with Crippen molar-refractivity contribution < 1.29 is 38.2 Å². The Morgan fingerprint density at radius 3 is 1.35 bits per heavy atom. The van der Waals surface area contributed by atoms with E-state index in [2.05, 4.69) is 36.9 Å². The summed E-state index contributed by atoms with van der Waals surface area (Å²) in [5.74, 6) is -0.711. The van der Waals surface area contributed by atoms with E-state index in [4.69, 9.17) is 14.2 Å². The summed E-state index contributed by atoms with van der Waals surface area (Å²) in [6.45, 7) is 22.4. The molecule has 0 radical (unpaired) electrons. The SMILES string of the molecule is CC(C)(C)OC(=O)NCCCNCCCCNC(=O)C(C)(C)C(=O)NCCCCCCN=C(NC(=O)OC(C)(C)C)NC(=O)OC(C)(C)C. The number of hydrogen-bond donors (Lipinski definition) is 6. The van der Waals surface area contributed by atoms with E-state index in [-0.39, 0.29) is 17.8 Å². The van der Waals surface area contributed by atoms with Crippen LogP contribution in [0.2, 0.25) is 0 Å². The number of aliphatic imine (C=N–C) groups is 1. The van der Waals surface area contributed by atoms with Crippen molar-refractivity contribution in [1.29, 1.82) is 0 Å². The summed E-state index contributed by atoms with van der Waals surface area (Å²) in [5.41, 5.74) is -3.16. The van der Waals surface area contributed by atoms with Gasteiger partial charge in [0.15, 0.2) is 0 Å². The Balaban J connectivity index is 4.28. The fraction of sp³-hybridized carbons (Fsp3) is 0.824. The number of nitrogens with one attached hydrogen (secondary N) is 6. The molecule has 15 heteroatoms. The van der Waals surface area contributed by atoms with Gasteiger partial charge in [-0.25, -0.2) is 14.4 Å². The third-order valence-electron chi connectivity index (χ3n) is 6.28. The summed E-state index contributed by atoms with van der Waals surface area (Å²) in [7, 11) is 0. The molecule has 0 aromatic carbocycles. The average molecular weight is 700 g/mol. The molecule has 0 aliphatic rings. The molecule has 0 spiro atoms. The van der Waals surface area contributed by atoms with E-state index in [9.17, 15) is 24.0 Å². The molecule has 0 aliphatic carbocycles. The second kappa shape index (κ2) is 22.2. The fourth-order valence-corrected chi connectivity index (χ4v) is 3.86. The molecular weight excluding hydrogens is 634 g/mol. The van der Waals surface area contributed by atoms with Crippen molar-refractivity contribution in [3.63, 3.8) is 0 Å².